The molecule has 0 spiro atoms. The molecule has 0 aliphatic carbocycles. The number of nitrogens with one attached hydrogen (secondary N) is 1. The van der Waals surface area contributed by atoms with Gasteiger partial charge in [0, 0.05) is 19.5 Å². The van der Waals surface area contributed by atoms with E-state index in [0.717, 1.165) is 11.0 Å². The Kier molecular flexibility index (Phi) is 6.17. The number of imidazole rings is 1. The van der Waals surface area contributed by atoms with Gasteiger partial charge in [0.25, 0.3) is 0 Å². The van der Waals surface area contributed by atoms with Crippen molar-refractivity contribution < 1.29 is 29.6 Å². The molecule has 26 heavy (non-hydrogen) atoms. The highest BCUT2D eigenvalue weighted by Crippen LogP contribution is 2.22. The molecule has 0 bridgehead atoms. The zero-order valence-corrected chi connectivity index (χ0v) is 14.2. The van der Waals surface area contributed by atoms with E-state index < -0.39 is 31.2 Å². The molecule has 0 saturated carbocycles. The Morgan fingerprint density at radius 1 is 1.35 bits per heavy atom. The van der Waals surface area contributed by atoms with Crippen LogP contribution in [0, 0.1) is 0 Å². The lowest BCUT2D eigenvalue weighted by Gasteiger charge is -2.17. The third kappa shape index (κ3) is 4.19. The Labute approximate surface area is 150 Å². The second-order valence-corrected chi connectivity index (χ2v) is 6.10. The fourth-order valence-electron chi connectivity index (χ4n) is 2.93. The van der Waals surface area contributed by atoms with E-state index in [2.05, 4.69) is 10.3 Å². The predicted octanol–water partition coefficient (Wildman–Crippen LogP) is -1.00. The number of aliphatic hydroxyl groups is 3. The Balaban J connectivity index is 1.37. The van der Waals surface area contributed by atoms with Crippen LogP contribution in [0.1, 0.15) is 6.42 Å². The van der Waals surface area contributed by atoms with Crippen molar-refractivity contribution in [1.82, 2.24) is 14.9 Å². The van der Waals surface area contributed by atoms with Gasteiger partial charge in [-0.15, -0.1) is 0 Å². The van der Waals surface area contributed by atoms with E-state index >= 15 is 0 Å². The number of para-hydroxylation sites is 2. The van der Waals surface area contributed by atoms with Gasteiger partial charge in [-0.3, -0.25) is 4.79 Å². The lowest BCUT2D eigenvalue weighted by Crippen LogP contribution is -2.37. The average molecular weight is 365 g/mol. The van der Waals surface area contributed by atoms with E-state index in [-0.39, 0.29) is 18.9 Å². The van der Waals surface area contributed by atoms with Crippen molar-refractivity contribution in [2.24, 2.45) is 0 Å². The van der Waals surface area contributed by atoms with E-state index in [9.17, 15) is 15.0 Å². The molecule has 9 nitrogen and oxygen atoms in total. The first-order chi connectivity index (χ1) is 12.6. The van der Waals surface area contributed by atoms with Crippen LogP contribution in [-0.2, 0) is 20.8 Å². The quantitative estimate of drug-likeness (QED) is 0.473. The summed E-state index contributed by atoms with van der Waals surface area (Å²) in [5, 5.41) is 31.3. The second kappa shape index (κ2) is 8.56. The molecule has 4 N–H and O–H groups in total. The number of rotatable bonds is 8. The fourth-order valence-corrected chi connectivity index (χ4v) is 2.93. The van der Waals surface area contributed by atoms with Crippen molar-refractivity contribution in [3.05, 3.63) is 30.6 Å². The number of aromatic nitrogens is 2. The molecule has 0 radical (unpaired) electrons. The summed E-state index contributed by atoms with van der Waals surface area (Å²) in [5.41, 5.74) is 1.91. The van der Waals surface area contributed by atoms with E-state index in [0.29, 0.717) is 13.1 Å². The molecule has 1 amide bonds. The second-order valence-electron chi connectivity index (χ2n) is 6.10. The highest BCUT2D eigenvalue weighted by atomic mass is 16.7. The van der Waals surface area contributed by atoms with Gasteiger partial charge < -0.3 is 34.7 Å². The third-order valence-electron chi connectivity index (χ3n) is 4.33. The SMILES string of the molecule is O=C(CCO[C@H]1[C@@H](O)[C@@H](CO)O[C@H]1O)NCCn1cnc2ccccc21. The lowest BCUT2D eigenvalue weighted by atomic mass is 10.1. The number of carbonyl (C=O) groups excluding carboxylic acids is 1. The maximum absolute atomic E-state index is 11.9. The first-order valence-electron chi connectivity index (χ1n) is 8.51. The number of nitrogens with zero attached hydrogens (tertiary/aromatic N) is 2. The van der Waals surface area contributed by atoms with Crippen LogP contribution < -0.4 is 5.32 Å². The zero-order valence-electron chi connectivity index (χ0n) is 14.2. The van der Waals surface area contributed by atoms with Crippen LogP contribution in [0.4, 0.5) is 0 Å². The fraction of sp³-hybridized carbons (Fsp3) is 0.529. The molecule has 3 rings (SSSR count). The molecule has 1 aliphatic rings. The molecule has 4 atom stereocenters. The molecule has 1 aliphatic heterocycles. The third-order valence-corrected chi connectivity index (χ3v) is 4.33. The molecular weight excluding hydrogens is 342 g/mol. The van der Waals surface area contributed by atoms with Gasteiger partial charge in [0.15, 0.2) is 6.29 Å². The van der Waals surface area contributed by atoms with Gasteiger partial charge >= 0.3 is 0 Å². The summed E-state index contributed by atoms with van der Waals surface area (Å²) in [6, 6.07) is 7.76. The minimum absolute atomic E-state index is 0.0279. The van der Waals surface area contributed by atoms with Crippen molar-refractivity contribution in [2.45, 2.75) is 37.6 Å². The van der Waals surface area contributed by atoms with Crippen LogP contribution in [0.25, 0.3) is 11.0 Å². The molecule has 9 heteroatoms. The van der Waals surface area contributed by atoms with E-state index in [1.54, 1.807) is 6.33 Å². The zero-order chi connectivity index (χ0) is 18.5. The van der Waals surface area contributed by atoms with Gasteiger partial charge in [-0.2, -0.15) is 0 Å². The maximum atomic E-state index is 11.9. The summed E-state index contributed by atoms with van der Waals surface area (Å²) < 4.78 is 12.2. The number of carbonyl (C=O) groups is 1. The van der Waals surface area contributed by atoms with Crippen molar-refractivity contribution in [3.8, 4) is 0 Å². The van der Waals surface area contributed by atoms with Crippen LogP contribution in [0.3, 0.4) is 0 Å². The minimum atomic E-state index is -1.32. The largest absolute Gasteiger partial charge is 0.394 e. The Morgan fingerprint density at radius 2 is 2.15 bits per heavy atom. The number of fused-ring (bicyclic) bond motifs is 1. The van der Waals surface area contributed by atoms with Crippen LogP contribution in [0.2, 0.25) is 0 Å². The highest BCUT2D eigenvalue weighted by molar-refractivity contribution is 5.76. The van der Waals surface area contributed by atoms with Crippen molar-refractivity contribution in [3.63, 3.8) is 0 Å². The summed E-state index contributed by atoms with van der Waals surface area (Å²) >= 11 is 0. The molecule has 1 saturated heterocycles. The van der Waals surface area contributed by atoms with Gasteiger partial charge in [-0.25, -0.2) is 4.98 Å². The number of hydrogen-bond donors (Lipinski definition) is 4. The first-order valence-corrected chi connectivity index (χ1v) is 8.51. The van der Waals surface area contributed by atoms with Gasteiger partial charge in [0.05, 0.1) is 30.6 Å². The highest BCUT2D eigenvalue weighted by Gasteiger charge is 2.43. The number of aliphatic hydroxyl groups excluding tert-OH is 3. The molecule has 1 fully saturated rings. The van der Waals surface area contributed by atoms with E-state index in [1.165, 1.54) is 0 Å². The predicted molar refractivity (Wildman–Crippen MR) is 91.1 cm³/mol. The number of amides is 1. The van der Waals surface area contributed by atoms with Gasteiger partial charge in [-0.05, 0) is 12.1 Å². The molecular formula is C17H23N3O6. The monoisotopic (exact) mass is 365 g/mol. The smallest absolute Gasteiger partial charge is 0.222 e. The minimum Gasteiger partial charge on any atom is -0.394 e. The Hall–Kier alpha value is -2.04. The van der Waals surface area contributed by atoms with Crippen LogP contribution in [-0.4, -0.2) is 75.1 Å². The standard InChI is InChI=1S/C17H23N3O6/c21-9-13-15(23)16(17(24)26-13)25-8-5-14(22)18-6-7-20-10-19-11-3-1-2-4-12(11)20/h1-4,10,13,15-17,21,23-24H,5-9H2,(H,18,22)/t13-,15+,16+,17-/m1/s1. The van der Waals surface area contributed by atoms with Crippen LogP contribution >= 0.6 is 0 Å². The summed E-state index contributed by atoms with van der Waals surface area (Å²) in [5.74, 6) is -0.198. The normalized spacial score (nSPS) is 25.7. The maximum Gasteiger partial charge on any atom is 0.222 e. The number of benzene rings is 1. The Morgan fingerprint density at radius 3 is 2.92 bits per heavy atom. The summed E-state index contributed by atoms with van der Waals surface area (Å²) in [7, 11) is 0. The number of hydrogen-bond acceptors (Lipinski definition) is 7. The average Bonchev–Trinajstić information content (AvgIpc) is 3.17. The molecule has 0 unspecified atom stereocenters. The Bertz CT molecular complexity index is 736. The topological polar surface area (TPSA) is 126 Å². The van der Waals surface area contributed by atoms with E-state index in [1.807, 2.05) is 28.8 Å². The van der Waals surface area contributed by atoms with Gasteiger partial charge in [-0.1, -0.05) is 12.1 Å². The summed E-state index contributed by atoms with van der Waals surface area (Å²) in [6.07, 6.45) is -2.48. The molecule has 142 valence electrons. The summed E-state index contributed by atoms with van der Waals surface area (Å²) in [6.45, 7) is 0.657. The van der Waals surface area contributed by atoms with E-state index in [4.69, 9.17) is 14.6 Å². The van der Waals surface area contributed by atoms with Crippen molar-refractivity contribution in [2.75, 3.05) is 19.8 Å². The van der Waals surface area contributed by atoms with Crippen LogP contribution in [0.15, 0.2) is 30.6 Å². The molecule has 1 aromatic carbocycles. The number of ether oxygens (including phenoxy) is 2. The first kappa shape index (κ1) is 18.7. The van der Waals surface area contributed by atoms with Crippen molar-refractivity contribution >= 4 is 16.9 Å². The van der Waals surface area contributed by atoms with Gasteiger partial charge in [0.2, 0.25) is 5.91 Å². The van der Waals surface area contributed by atoms with Crippen LogP contribution in [0.5, 0.6) is 0 Å². The lowest BCUT2D eigenvalue weighted by molar-refractivity contribution is -0.149. The molecule has 2 aromatic rings. The van der Waals surface area contributed by atoms with Gasteiger partial charge in [0.1, 0.15) is 18.3 Å². The molecule has 2 heterocycles. The van der Waals surface area contributed by atoms with Crippen molar-refractivity contribution in [1.29, 1.82) is 0 Å². The molecule has 1 aromatic heterocycles. The summed E-state index contributed by atoms with van der Waals surface area (Å²) in [4.78, 5) is 16.2.